The van der Waals surface area contributed by atoms with Gasteiger partial charge >= 0.3 is 0 Å². The maximum absolute atomic E-state index is 12.0. The fraction of sp³-hybridized carbons (Fsp3) is 0.250. The van der Waals surface area contributed by atoms with Gasteiger partial charge in [-0.3, -0.25) is 14.3 Å². The summed E-state index contributed by atoms with van der Waals surface area (Å²) in [7, 11) is 1.65. The maximum atomic E-state index is 12.0. The molecule has 2 heterocycles. The lowest BCUT2D eigenvalue weighted by Crippen LogP contribution is -2.25. The van der Waals surface area contributed by atoms with E-state index in [-0.39, 0.29) is 18.1 Å². The molecule has 0 atom stereocenters. The summed E-state index contributed by atoms with van der Waals surface area (Å²) < 4.78 is 6.55. The molecule has 0 radical (unpaired) electrons. The van der Waals surface area contributed by atoms with Crippen molar-refractivity contribution >= 4 is 29.1 Å². The van der Waals surface area contributed by atoms with Crippen molar-refractivity contribution in [2.24, 2.45) is 7.05 Å². The van der Waals surface area contributed by atoms with Crippen LogP contribution in [0.5, 0.6) is 0 Å². The van der Waals surface area contributed by atoms with Gasteiger partial charge in [0.25, 0.3) is 5.91 Å². The van der Waals surface area contributed by atoms with E-state index >= 15 is 0 Å². The monoisotopic (exact) mass is 296 g/mol. The molecule has 7 nitrogen and oxygen atoms in total. The van der Waals surface area contributed by atoms with Crippen molar-refractivity contribution in [3.05, 3.63) is 36.0 Å². The van der Waals surface area contributed by atoms with Crippen LogP contribution in [-0.2, 0) is 18.4 Å². The van der Waals surface area contributed by atoms with Crippen LogP contribution < -0.4 is 10.6 Å². The second kappa shape index (κ2) is 6.25. The Bertz CT molecular complexity index is 606. The van der Waals surface area contributed by atoms with Crippen LogP contribution in [0.2, 0.25) is 0 Å². The highest BCUT2D eigenvalue weighted by Gasteiger charge is 2.17. The van der Waals surface area contributed by atoms with Crippen LogP contribution in [0.15, 0.2) is 29.0 Å². The Morgan fingerprint density at radius 1 is 1.50 bits per heavy atom. The summed E-state index contributed by atoms with van der Waals surface area (Å²) in [5.74, 6) is -0.380. The predicted octanol–water partition coefficient (Wildman–Crippen LogP) is 1.12. The first-order valence-electron chi connectivity index (χ1n) is 5.80. The van der Waals surface area contributed by atoms with Crippen molar-refractivity contribution in [2.75, 3.05) is 11.2 Å². The highest BCUT2D eigenvalue weighted by molar-refractivity contribution is 6.29. The van der Waals surface area contributed by atoms with Crippen LogP contribution in [0.1, 0.15) is 16.2 Å². The number of aromatic nitrogens is 2. The Kier molecular flexibility index (Phi) is 4.41. The average molecular weight is 297 g/mol. The minimum atomic E-state index is -0.410. The van der Waals surface area contributed by atoms with Gasteiger partial charge in [-0.15, -0.1) is 11.6 Å². The molecule has 0 aromatic carbocycles. The van der Waals surface area contributed by atoms with Gasteiger partial charge in [0.05, 0.1) is 18.5 Å². The Labute approximate surface area is 119 Å². The van der Waals surface area contributed by atoms with Crippen molar-refractivity contribution in [1.82, 2.24) is 15.1 Å². The van der Waals surface area contributed by atoms with E-state index < -0.39 is 11.8 Å². The smallest absolute Gasteiger partial charge is 0.274 e. The zero-order valence-corrected chi connectivity index (χ0v) is 11.5. The van der Waals surface area contributed by atoms with Gasteiger partial charge in [-0.05, 0) is 12.1 Å². The number of nitrogens with zero attached hydrogens (tertiary/aromatic N) is 2. The molecule has 2 aromatic rings. The van der Waals surface area contributed by atoms with Gasteiger partial charge in [-0.2, -0.15) is 5.10 Å². The molecule has 0 aliphatic rings. The number of anilines is 1. The predicted molar refractivity (Wildman–Crippen MR) is 72.4 cm³/mol. The van der Waals surface area contributed by atoms with Crippen molar-refractivity contribution < 1.29 is 14.0 Å². The van der Waals surface area contributed by atoms with E-state index in [1.807, 2.05) is 0 Å². The molecule has 0 saturated heterocycles. The van der Waals surface area contributed by atoms with E-state index in [2.05, 4.69) is 15.7 Å². The summed E-state index contributed by atoms with van der Waals surface area (Å²) in [6.45, 7) is 0.241. The van der Waals surface area contributed by atoms with Crippen LogP contribution in [0.4, 0.5) is 5.69 Å². The first kappa shape index (κ1) is 14.1. The second-order valence-electron chi connectivity index (χ2n) is 4.01. The number of carbonyl (C=O) groups is 2. The first-order chi connectivity index (χ1) is 9.60. The molecule has 106 valence electrons. The maximum Gasteiger partial charge on any atom is 0.274 e. The third kappa shape index (κ3) is 3.39. The van der Waals surface area contributed by atoms with E-state index in [1.165, 1.54) is 17.1 Å². The number of halogens is 1. The zero-order valence-electron chi connectivity index (χ0n) is 10.7. The summed E-state index contributed by atoms with van der Waals surface area (Å²) >= 11 is 5.42. The van der Waals surface area contributed by atoms with E-state index in [9.17, 15) is 9.59 Å². The lowest BCUT2D eigenvalue weighted by molar-refractivity contribution is -0.113. The van der Waals surface area contributed by atoms with Crippen molar-refractivity contribution in [1.29, 1.82) is 0 Å². The minimum Gasteiger partial charge on any atom is -0.467 e. The average Bonchev–Trinajstić information content (AvgIpc) is 3.05. The van der Waals surface area contributed by atoms with E-state index in [1.54, 1.807) is 19.2 Å². The molecular weight excluding hydrogens is 284 g/mol. The Hall–Kier alpha value is -2.28. The number of furan rings is 1. The van der Waals surface area contributed by atoms with Gasteiger partial charge in [0, 0.05) is 13.2 Å². The van der Waals surface area contributed by atoms with Gasteiger partial charge in [-0.25, -0.2) is 0 Å². The Morgan fingerprint density at radius 2 is 2.30 bits per heavy atom. The van der Waals surface area contributed by atoms with Gasteiger partial charge in [0.1, 0.15) is 11.6 Å². The number of amides is 2. The van der Waals surface area contributed by atoms with Crippen LogP contribution in [0, 0.1) is 0 Å². The van der Waals surface area contributed by atoms with Crippen molar-refractivity contribution in [2.45, 2.75) is 6.54 Å². The highest BCUT2D eigenvalue weighted by atomic mass is 35.5. The van der Waals surface area contributed by atoms with Gasteiger partial charge in [0.15, 0.2) is 5.69 Å². The second-order valence-corrected chi connectivity index (χ2v) is 4.28. The molecule has 0 aliphatic carbocycles. The lowest BCUT2D eigenvalue weighted by atomic mass is 10.3. The summed E-state index contributed by atoms with van der Waals surface area (Å²) in [5.41, 5.74) is 0.438. The van der Waals surface area contributed by atoms with E-state index in [4.69, 9.17) is 16.0 Å². The molecule has 0 spiro atoms. The molecule has 0 bridgehead atoms. The SMILES string of the molecule is Cn1cc(NC(=O)CCl)c(C(=O)NCc2ccco2)n1. The fourth-order valence-electron chi connectivity index (χ4n) is 1.60. The number of nitrogens with one attached hydrogen (secondary N) is 2. The molecule has 0 aliphatic heterocycles. The minimum absolute atomic E-state index is 0.123. The van der Waals surface area contributed by atoms with Gasteiger partial charge in [0.2, 0.25) is 5.91 Å². The third-order valence-corrected chi connectivity index (χ3v) is 2.69. The van der Waals surface area contributed by atoms with Crippen LogP contribution in [-0.4, -0.2) is 27.5 Å². The molecule has 0 fully saturated rings. The molecule has 2 aromatic heterocycles. The quantitative estimate of drug-likeness (QED) is 0.809. The van der Waals surface area contributed by atoms with Gasteiger partial charge in [-0.1, -0.05) is 0 Å². The summed E-state index contributed by atoms with van der Waals surface area (Å²) in [4.78, 5) is 23.3. The molecule has 0 saturated carbocycles. The number of aryl methyl sites for hydroxylation is 1. The Morgan fingerprint density at radius 3 is 2.95 bits per heavy atom. The molecule has 2 N–H and O–H groups in total. The summed E-state index contributed by atoms with van der Waals surface area (Å²) in [5, 5.41) is 9.18. The van der Waals surface area contributed by atoms with Crippen LogP contribution in [0.25, 0.3) is 0 Å². The highest BCUT2D eigenvalue weighted by Crippen LogP contribution is 2.13. The van der Waals surface area contributed by atoms with Crippen molar-refractivity contribution in [3.63, 3.8) is 0 Å². The largest absolute Gasteiger partial charge is 0.467 e. The van der Waals surface area contributed by atoms with Gasteiger partial charge < -0.3 is 15.1 Å². The Balaban J connectivity index is 2.06. The van der Waals surface area contributed by atoms with Crippen LogP contribution in [0.3, 0.4) is 0 Å². The molecule has 20 heavy (non-hydrogen) atoms. The number of rotatable bonds is 5. The van der Waals surface area contributed by atoms with E-state index in [0.29, 0.717) is 11.4 Å². The topological polar surface area (TPSA) is 89.2 Å². The normalized spacial score (nSPS) is 10.3. The molecule has 0 unspecified atom stereocenters. The molecule has 2 rings (SSSR count). The number of hydrogen-bond acceptors (Lipinski definition) is 4. The first-order valence-corrected chi connectivity index (χ1v) is 6.33. The summed E-state index contributed by atoms with van der Waals surface area (Å²) in [6, 6.07) is 3.48. The molecule has 8 heteroatoms. The lowest BCUT2D eigenvalue weighted by Gasteiger charge is -2.04. The summed E-state index contributed by atoms with van der Waals surface area (Å²) in [6.07, 6.45) is 3.06. The number of hydrogen-bond donors (Lipinski definition) is 2. The zero-order chi connectivity index (χ0) is 14.5. The molecular formula is C12H13ClN4O3. The van der Waals surface area contributed by atoms with E-state index in [0.717, 1.165) is 0 Å². The fourth-order valence-corrected chi connectivity index (χ4v) is 1.66. The third-order valence-electron chi connectivity index (χ3n) is 2.44. The molecule has 2 amide bonds. The van der Waals surface area contributed by atoms with Crippen molar-refractivity contribution in [3.8, 4) is 0 Å². The van der Waals surface area contributed by atoms with Crippen LogP contribution >= 0.6 is 11.6 Å². The number of carbonyl (C=O) groups excluding carboxylic acids is 2. The standard InChI is InChI=1S/C12H13ClN4O3/c1-17-7-9(15-10(18)5-13)11(16-17)12(19)14-6-8-3-2-4-20-8/h2-4,7H,5-6H2,1H3,(H,14,19)(H,15,18). The number of alkyl halides is 1.